The van der Waals surface area contributed by atoms with Gasteiger partial charge in [-0.25, -0.2) is 0 Å². The molecule has 3 aromatic rings. The van der Waals surface area contributed by atoms with Crippen molar-refractivity contribution >= 4 is 0 Å². The third-order valence-electron chi connectivity index (χ3n) is 7.52. The second-order valence-corrected chi connectivity index (χ2v) is 10.2. The van der Waals surface area contributed by atoms with E-state index in [4.69, 9.17) is 0 Å². The van der Waals surface area contributed by atoms with Crippen LogP contribution in [-0.2, 0) is 5.41 Å². The fourth-order valence-corrected chi connectivity index (χ4v) is 5.54. The Hall–Kier alpha value is -2.94. The van der Waals surface area contributed by atoms with Crippen LogP contribution in [0.15, 0.2) is 48.5 Å². The Balaban J connectivity index is 2.23. The highest BCUT2D eigenvalue weighted by Gasteiger charge is 2.40. The third-order valence-corrected chi connectivity index (χ3v) is 7.52. The van der Waals surface area contributed by atoms with Crippen LogP contribution in [0.25, 0.3) is 0 Å². The van der Waals surface area contributed by atoms with Crippen LogP contribution >= 0.6 is 0 Å². The lowest BCUT2D eigenvalue weighted by Gasteiger charge is -2.39. The number of hydrogen-bond acceptors (Lipinski definition) is 3. The summed E-state index contributed by atoms with van der Waals surface area (Å²) in [6, 6.07) is 15.5. The van der Waals surface area contributed by atoms with Crippen molar-refractivity contribution in [2.24, 2.45) is 0 Å². The first-order valence-corrected chi connectivity index (χ1v) is 13.1. The van der Waals surface area contributed by atoms with E-state index < -0.39 is 5.41 Å². The lowest BCUT2D eigenvalue weighted by molar-refractivity contribution is 0.432. The third kappa shape index (κ3) is 5.66. The van der Waals surface area contributed by atoms with E-state index in [1.807, 2.05) is 58.0 Å². The second kappa shape index (κ2) is 11.7. The molecule has 0 fully saturated rings. The standard InChI is InChI=1S/C32H42O3/c1-6-7-8-9-10-11-14-17-32(26-15-12-13-16-29(26)33,27-18-24(4)30(34)20-22(27)2)28-19-25(5)31(35)21-23(28)3/h12-13,15-16,18-21,33-35H,6-11,14,17H2,1-5H3. The fourth-order valence-electron chi connectivity index (χ4n) is 5.54. The molecule has 3 rings (SSSR count). The van der Waals surface area contributed by atoms with Crippen molar-refractivity contribution in [3.8, 4) is 17.2 Å². The zero-order valence-corrected chi connectivity index (χ0v) is 22.1. The molecule has 0 bridgehead atoms. The van der Waals surface area contributed by atoms with Crippen molar-refractivity contribution < 1.29 is 15.3 Å². The minimum Gasteiger partial charge on any atom is -0.508 e. The van der Waals surface area contributed by atoms with Crippen molar-refractivity contribution in [2.75, 3.05) is 0 Å². The molecule has 3 nitrogen and oxygen atoms in total. The van der Waals surface area contributed by atoms with Crippen LogP contribution in [0.5, 0.6) is 17.2 Å². The van der Waals surface area contributed by atoms with Gasteiger partial charge in [-0.1, -0.05) is 82.2 Å². The van der Waals surface area contributed by atoms with E-state index in [9.17, 15) is 15.3 Å². The van der Waals surface area contributed by atoms with Crippen LogP contribution in [0, 0.1) is 27.7 Å². The van der Waals surface area contributed by atoms with Crippen molar-refractivity contribution in [1.29, 1.82) is 0 Å². The molecule has 0 aliphatic rings. The first-order valence-electron chi connectivity index (χ1n) is 13.1. The maximum absolute atomic E-state index is 11.2. The molecule has 0 atom stereocenters. The first kappa shape index (κ1) is 26.7. The normalized spacial score (nSPS) is 11.7. The molecule has 35 heavy (non-hydrogen) atoms. The average Bonchev–Trinajstić information content (AvgIpc) is 2.82. The highest BCUT2D eigenvalue weighted by Crippen LogP contribution is 2.50. The zero-order chi connectivity index (χ0) is 25.6. The van der Waals surface area contributed by atoms with E-state index in [1.54, 1.807) is 6.07 Å². The van der Waals surface area contributed by atoms with Crippen LogP contribution in [-0.4, -0.2) is 15.3 Å². The minimum absolute atomic E-state index is 0.269. The van der Waals surface area contributed by atoms with Crippen LogP contribution in [0.3, 0.4) is 0 Å². The summed E-state index contributed by atoms with van der Waals surface area (Å²) in [5.41, 5.74) is 6.05. The zero-order valence-electron chi connectivity index (χ0n) is 22.1. The molecule has 3 N–H and O–H groups in total. The summed E-state index contributed by atoms with van der Waals surface area (Å²) in [7, 11) is 0. The molecule has 188 valence electrons. The Labute approximate surface area is 211 Å². The highest BCUT2D eigenvalue weighted by molar-refractivity contribution is 5.61. The Morgan fingerprint density at radius 2 is 1.03 bits per heavy atom. The van der Waals surface area contributed by atoms with E-state index in [0.29, 0.717) is 0 Å². The summed E-state index contributed by atoms with van der Waals surface area (Å²) in [4.78, 5) is 0. The molecule has 0 saturated heterocycles. The topological polar surface area (TPSA) is 60.7 Å². The quantitative estimate of drug-likeness (QED) is 0.193. The van der Waals surface area contributed by atoms with Gasteiger partial charge in [-0.2, -0.15) is 0 Å². The number of para-hydroxylation sites is 1. The predicted octanol–water partition coefficient (Wildman–Crippen LogP) is 8.51. The van der Waals surface area contributed by atoms with Crippen LogP contribution < -0.4 is 0 Å². The van der Waals surface area contributed by atoms with E-state index in [-0.39, 0.29) is 17.2 Å². The molecule has 3 heteroatoms. The van der Waals surface area contributed by atoms with Crippen LogP contribution in [0.1, 0.15) is 97.2 Å². The van der Waals surface area contributed by atoms with Gasteiger partial charge in [-0.15, -0.1) is 0 Å². The number of phenols is 3. The molecule has 0 radical (unpaired) electrons. The van der Waals surface area contributed by atoms with Gasteiger partial charge in [0.25, 0.3) is 0 Å². The number of hydrogen-bond donors (Lipinski definition) is 3. The van der Waals surface area contributed by atoms with E-state index in [1.165, 1.54) is 32.1 Å². The molecule has 0 spiro atoms. The maximum Gasteiger partial charge on any atom is 0.120 e. The maximum atomic E-state index is 11.2. The highest BCUT2D eigenvalue weighted by atomic mass is 16.3. The van der Waals surface area contributed by atoms with Crippen molar-refractivity contribution in [3.05, 3.63) is 87.5 Å². The summed E-state index contributed by atoms with van der Waals surface area (Å²) >= 11 is 0. The average molecular weight is 475 g/mol. The molecule has 0 saturated carbocycles. The SMILES string of the molecule is CCCCCCCCCC(c1cc(C)c(O)cc1C)(c1cc(C)c(O)cc1C)c1ccccc1O. The molecular weight excluding hydrogens is 432 g/mol. The number of rotatable bonds is 11. The van der Waals surface area contributed by atoms with Gasteiger partial charge < -0.3 is 15.3 Å². The van der Waals surface area contributed by atoms with Crippen molar-refractivity contribution in [3.63, 3.8) is 0 Å². The number of phenolic OH excluding ortho intramolecular Hbond substituents is 3. The summed E-state index contributed by atoms with van der Waals surface area (Å²) < 4.78 is 0. The lowest BCUT2D eigenvalue weighted by atomic mass is 9.63. The van der Waals surface area contributed by atoms with E-state index in [0.717, 1.165) is 58.2 Å². The Kier molecular flexibility index (Phi) is 8.88. The summed E-state index contributed by atoms with van der Waals surface area (Å²) in [5.74, 6) is 0.838. The Bertz CT molecular complexity index is 1090. The summed E-state index contributed by atoms with van der Waals surface area (Å²) in [6.07, 6.45) is 9.26. The van der Waals surface area contributed by atoms with E-state index in [2.05, 4.69) is 19.1 Å². The Morgan fingerprint density at radius 1 is 0.543 bits per heavy atom. The molecule has 0 aliphatic carbocycles. The first-order chi connectivity index (χ1) is 16.7. The summed E-state index contributed by atoms with van der Waals surface area (Å²) in [5, 5.41) is 32.1. The number of unbranched alkanes of at least 4 members (excludes halogenated alkanes) is 6. The van der Waals surface area contributed by atoms with Gasteiger partial charge in [-0.05, 0) is 85.7 Å². The largest absolute Gasteiger partial charge is 0.508 e. The molecule has 0 aliphatic heterocycles. The van der Waals surface area contributed by atoms with Gasteiger partial charge in [0.05, 0.1) is 0 Å². The molecule has 3 aromatic carbocycles. The number of aromatic hydroxyl groups is 3. The second-order valence-electron chi connectivity index (χ2n) is 10.2. The predicted molar refractivity (Wildman–Crippen MR) is 146 cm³/mol. The van der Waals surface area contributed by atoms with Crippen LogP contribution in [0.4, 0.5) is 0 Å². The molecule has 0 unspecified atom stereocenters. The molecule has 0 heterocycles. The molecule has 0 aromatic heterocycles. The fraction of sp³-hybridized carbons (Fsp3) is 0.438. The van der Waals surface area contributed by atoms with Gasteiger partial charge in [0, 0.05) is 11.0 Å². The van der Waals surface area contributed by atoms with Crippen LogP contribution in [0.2, 0.25) is 0 Å². The number of benzene rings is 3. The van der Waals surface area contributed by atoms with Gasteiger partial charge in [0.15, 0.2) is 0 Å². The summed E-state index contributed by atoms with van der Waals surface area (Å²) in [6.45, 7) is 10.2. The Morgan fingerprint density at radius 3 is 1.54 bits per heavy atom. The van der Waals surface area contributed by atoms with Gasteiger partial charge in [0.2, 0.25) is 0 Å². The number of aryl methyl sites for hydroxylation is 4. The monoisotopic (exact) mass is 474 g/mol. The minimum atomic E-state index is -0.611. The van der Waals surface area contributed by atoms with Crippen molar-refractivity contribution in [1.82, 2.24) is 0 Å². The smallest absolute Gasteiger partial charge is 0.120 e. The van der Waals surface area contributed by atoms with E-state index >= 15 is 0 Å². The molecule has 0 amide bonds. The molecular formula is C32H42O3. The van der Waals surface area contributed by atoms with Gasteiger partial charge in [-0.3, -0.25) is 0 Å². The van der Waals surface area contributed by atoms with Crippen molar-refractivity contribution in [2.45, 2.75) is 91.4 Å². The lowest BCUT2D eigenvalue weighted by Crippen LogP contribution is -2.32. The van der Waals surface area contributed by atoms with Gasteiger partial charge >= 0.3 is 0 Å². The van der Waals surface area contributed by atoms with Gasteiger partial charge in [0.1, 0.15) is 17.2 Å².